The van der Waals surface area contributed by atoms with Gasteiger partial charge in [-0.1, -0.05) is 30.3 Å². The number of carbonyl (C=O) groups excluding carboxylic acids is 1. The van der Waals surface area contributed by atoms with Crippen molar-refractivity contribution in [2.45, 2.75) is 6.54 Å². The van der Waals surface area contributed by atoms with Crippen molar-refractivity contribution in [2.75, 3.05) is 12.4 Å². The van der Waals surface area contributed by atoms with Gasteiger partial charge >= 0.3 is 0 Å². The molecule has 1 N–H and O–H groups in total. The molecule has 0 unspecified atom stereocenters. The number of hydrogen-bond acceptors (Lipinski definition) is 2. The van der Waals surface area contributed by atoms with Crippen molar-refractivity contribution >= 4 is 40.1 Å². The molecule has 2 aromatic rings. The van der Waals surface area contributed by atoms with E-state index in [1.54, 1.807) is 17.0 Å². The molecule has 0 saturated carbocycles. The highest BCUT2D eigenvalue weighted by Gasteiger charge is 2.16. The zero-order chi connectivity index (χ0) is 15.2. The van der Waals surface area contributed by atoms with Gasteiger partial charge in [-0.3, -0.25) is 4.79 Å². The summed E-state index contributed by atoms with van der Waals surface area (Å²) < 4.78 is 0.719. The molecule has 0 aliphatic carbocycles. The summed E-state index contributed by atoms with van der Waals surface area (Å²) in [5.74, 6) is 0.354. The Kier molecular flexibility index (Phi) is 5.87. The van der Waals surface area contributed by atoms with E-state index in [4.69, 9.17) is 11.6 Å². The molecule has 0 saturated heterocycles. The second-order valence-corrected chi connectivity index (χ2v) is 6.11. The van der Waals surface area contributed by atoms with Gasteiger partial charge in [-0.05, 0) is 46.4 Å². The number of benzene rings is 2. The van der Waals surface area contributed by atoms with Crippen molar-refractivity contribution in [3.63, 3.8) is 0 Å². The molecule has 5 heteroatoms. The number of rotatable bonds is 5. The summed E-state index contributed by atoms with van der Waals surface area (Å²) in [5, 5.41) is 9.75. The molecule has 0 aliphatic heterocycles. The van der Waals surface area contributed by atoms with Crippen LogP contribution < -0.4 is 0 Å². The normalized spacial score (nSPS) is 10.4. The van der Waals surface area contributed by atoms with E-state index in [1.165, 1.54) is 6.07 Å². The van der Waals surface area contributed by atoms with Gasteiger partial charge in [0.25, 0.3) is 5.91 Å². The van der Waals surface area contributed by atoms with E-state index in [0.717, 1.165) is 9.13 Å². The van der Waals surface area contributed by atoms with Crippen LogP contribution in [0.2, 0.25) is 0 Å². The average molecular weight is 416 g/mol. The third-order valence-electron chi connectivity index (χ3n) is 3.05. The average Bonchev–Trinajstić information content (AvgIpc) is 2.50. The minimum Gasteiger partial charge on any atom is -0.507 e. The summed E-state index contributed by atoms with van der Waals surface area (Å²) in [6.45, 7) is 0.959. The van der Waals surface area contributed by atoms with Gasteiger partial charge in [0.05, 0.1) is 3.57 Å². The Bertz CT molecular complexity index is 619. The molecular formula is C16H15ClINO2. The van der Waals surface area contributed by atoms with Gasteiger partial charge in [0.15, 0.2) is 0 Å². The van der Waals surface area contributed by atoms with Gasteiger partial charge in [-0.2, -0.15) is 0 Å². The molecule has 0 aliphatic rings. The molecule has 0 heterocycles. The van der Waals surface area contributed by atoms with Crippen molar-refractivity contribution in [1.29, 1.82) is 0 Å². The number of carbonyl (C=O) groups is 1. The van der Waals surface area contributed by atoms with Crippen molar-refractivity contribution in [1.82, 2.24) is 4.90 Å². The number of phenols is 1. The Hall–Kier alpha value is -1.27. The zero-order valence-corrected chi connectivity index (χ0v) is 14.2. The first-order valence-electron chi connectivity index (χ1n) is 6.49. The van der Waals surface area contributed by atoms with E-state index < -0.39 is 0 Å². The lowest BCUT2D eigenvalue weighted by Gasteiger charge is -2.22. The minimum atomic E-state index is -0.133. The zero-order valence-electron chi connectivity index (χ0n) is 11.3. The Morgan fingerprint density at radius 2 is 1.90 bits per heavy atom. The van der Waals surface area contributed by atoms with Gasteiger partial charge in [-0.25, -0.2) is 0 Å². The summed E-state index contributed by atoms with van der Waals surface area (Å²) >= 11 is 7.83. The fourth-order valence-corrected chi connectivity index (χ4v) is 2.53. The highest BCUT2D eigenvalue weighted by Crippen LogP contribution is 2.21. The van der Waals surface area contributed by atoms with Crippen molar-refractivity contribution in [3.05, 3.63) is 63.2 Å². The minimum absolute atomic E-state index is 0.118. The SMILES string of the molecule is O=C(c1ccc(I)c(O)c1)N(CCCl)Cc1ccccc1. The molecule has 0 spiro atoms. The predicted molar refractivity (Wildman–Crippen MR) is 92.7 cm³/mol. The van der Waals surface area contributed by atoms with Crippen LogP contribution in [0.25, 0.3) is 0 Å². The van der Waals surface area contributed by atoms with Crippen LogP contribution >= 0.6 is 34.2 Å². The van der Waals surface area contributed by atoms with Crippen LogP contribution in [0.1, 0.15) is 15.9 Å². The molecule has 3 nitrogen and oxygen atoms in total. The maximum Gasteiger partial charge on any atom is 0.254 e. The third-order valence-corrected chi connectivity index (χ3v) is 4.13. The number of halogens is 2. The molecule has 21 heavy (non-hydrogen) atoms. The molecule has 2 rings (SSSR count). The second kappa shape index (κ2) is 7.66. The van der Waals surface area contributed by atoms with E-state index in [0.29, 0.717) is 24.5 Å². The van der Waals surface area contributed by atoms with Crippen LogP contribution in [-0.4, -0.2) is 28.3 Å². The topological polar surface area (TPSA) is 40.5 Å². The Balaban J connectivity index is 2.20. The highest BCUT2D eigenvalue weighted by atomic mass is 127. The van der Waals surface area contributed by atoms with E-state index in [2.05, 4.69) is 0 Å². The van der Waals surface area contributed by atoms with Crippen LogP contribution in [-0.2, 0) is 6.54 Å². The van der Waals surface area contributed by atoms with Gasteiger partial charge in [0, 0.05) is 24.5 Å². The molecule has 0 bridgehead atoms. The molecule has 0 atom stereocenters. The van der Waals surface area contributed by atoms with Crippen LogP contribution in [0, 0.1) is 3.57 Å². The van der Waals surface area contributed by atoms with Crippen LogP contribution in [0.4, 0.5) is 0 Å². The maximum atomic E-state index is 12.6. The highest BCUT2D eigenvalue weighted by molar-refractivity contribution is 14.1. The fraction of sp³-hybridized carbons (Fsp3) is 0.188. The first-order chi connectivity index (χ1) is 10.1. The van der Waals surface area contributed by atoms with E-state index in [9.17, 15) is 9.90 Å². The van der Waals surface area contributed by atoms with Gasteiger partial charge in [0.1, 0.15) is 5.75 Å². The van der Waals surface area contributed by atoms with Crippen molar-refractivity contribution in [3.8, 4) is 5.75 Å². The molecule has 2 aromatic carbocycles. The lowest BCUT2D eigenvalue weighted by Crippen LogP contribution is -2.32. The van der Waals surface area contributed by atoms with Gasteiger partial charge in [-0.15, -0.1) is 11.6 Å². The van der Waals surface area contributed by atoms with E-state index in [1.807, 2.05) is 52.9 Å². The lowest BCUT2D eigenvalue weighted by atomic mass is 10.1. The van der Waals surface area contributed by atoms with Crippen LogP contribution in [0.5, 0.6) is 5.75 Å². The molecule has 1 amide bonds. The Morgan fingerprint density at radius 3 is 2.52 bits per heavy atom. The molecule has 0 radical (unpaired) electrons. The largest absolute Gasteiger partial charge is 0.507 e. The van der Waals surface area contributed by atoms with E-state index >= 15 is 0 Å². The van der Waals surface area contributed by atoms with Gasteiger partial charge < -0.3 is 10.0 Å². The lowest BCUT2D eigenvalue weighted by molar-refractivity contribution is 0.0753. The second-order valence-electron chi connectivity index (χ2n) is 4.57. The molecule has 110 valence electrons. The standard InChI is InChI=1S/C16H15ClINO2/c17-8-9-19(11-12-4-2-1-3-5-12)16(21)13-6-7-14(18)15(20)10-13/h1-7,10,20H,8-9,11H2. The number of nitrogens with zero attached hydrogens (tertiary/aromatic N) is 1. The first kappa shape index (κ1) is 16.1. The number of alkyl halides is 1. The summed E-state index contributed by atoms with van der Waals surface area (Å²) in [4.78, 5) is 14.2. The maximum absolute atomic E-state index is 12.6. The third kappa shape index (κ3) is 4.35. The molecule has 0 fully saturated rings. The smallest absolute Gasteiger partial charge is 0.254 e. The summed E-state index contributed by atoms with van der Waals surface area (Å²) in [6.07, 6.45) is 0. The summed E-state index contributed by atoms with van der Waals surface area (Å²) in [5.41, 5.74) is 1.51. The molecule has 0 aromatic heterocycles. The Morgan fingerprint density at radius 1 is 1.19 bits per heavy atom. The summed E-state index contributed by atoms with van der Waals surface area (Å²) in [7, 11) is 0. The van der Waals surface area contributed by atoms with Crippen molar-refractivity contribution in [2.24, 2.45) is 0 Å². The van der Waals surface area contributed by atoms with Gasteiger partial charge in [0.2, 0.25) is 0 Å². The monoisotopic (exact) mass is 415 g/mol. The molecular weight excluding hydrogens is 401 g/mol. The van der Waals surface area contributed by atoms with Crippen molar-refractivity contribution < 1.29 is 9.90 Å². The number of amides is 1. The quantitative estimate of drug-likeness (QED) is 0.595. The number of hydrogen-bond donors (Lipinski definition) is 1. The summed E-state index contributed by atoms with van der Waals surface area (Å²) in [6, 6.07) is 14.7. The predicted octanol–water partition coefficient (Wildman–Crippen LogP) is 3.88. The van der Waals surface area contributed by atoms with E-state index in [-0.39, 0.29) is 11.7 Å². The first-order valence-corrected chi connectivity index (χ1v) is 8.11. The van der Waals surface area contributed by atoms with Crippen LogP contribution in [0.3, 0.4) is 0 Å². The fourth-order valence-electron chi connectivity index (χ4n) is 1.99. The number of aromatic hydroxyl groups is 1. The number of phenolic OH excluding ortho intramolecular Hbond substituents is 1. The Labute approximate surface area is 142 Å². The van der Waals surface area contributed by atoms with Crippen LogP contribution in [0.15, 0.2) is 48.5 Å².